The molecular formula is C19H23N3O5S3. The Morgan fingerprint density at radius 1 is 1.27 bits per heavy atom. The third-order valence-electron chi connectivity index (χ3n) is 4.74. The predicted molar refractivity (Wildman–Crippen MR) is 116 cm³/mol. The second-order valence-corrected chi connectivity index (χ2v) is 10.3. The maximum Gasteiger partial charge on any atom is 0.357 e. The van der Waals surface area contributed by atoms with Crippen LogP contribution < -0.4 is 5.32 Å². The van der Waals surface area contributed by atoms with Crippen molar-refractivity contribution in [2.45, 2.75) is 29.6 Å². The zero-order valence-electron chi connectivity index (χ0n) is 16.7. The molecule has 162 valence electrons. The van der Waals surface area contributed by atoms with Crippen LogP contribution in [0.4, 0.5) is 5.13 Å². The minimum absolute atomic E-state index is 0.158. The summed E-state index contributed by atoms with van der Waals surface area (Å²) < 4.78 is 32.0. The Morgan fingerprint density at radius 2 is 1.93 bits per heavy atom. The van der Waals surface area contributed by atoms with Crippen molar-refractivity contribution in [2.24, 2.45) is 5.92 Å². The molecule has 30 heavy (non-hydrogen) atoms. The second-order valence-electron chi connectivity index (χ2n) is 6.60. The fourth-order valence-electron chi connectivity index (χ4n) is 3.09. The SMILES string of the molecule is CCOC(=O)c1csc(NC(=O)C2CCN(S(=O)(=O)c3ccc(SC)cc3)CC2)n1. The third kappa shape index (κ3) is 5.20. The first kappa shape index (κ1) is 22.7. The lowest BCUT2D eigenvalue weighted by atomic mass is 9.97. The van der Waals surface area contributed by atoms with E-state index in [9.17, 15) is 18.0 Å². The number of hydrogen-bond acceptors (Lipinski definition) is 8. The summed E-state index contributed by atoms with van der Waals surface area (Å²) in [5, 5.41) is 4.58. The fraction of sp³-hybridized carbons (Fsp3) is 0.421. The van der Waals surface area contributed by atoms with E-state index in [1.165, 1.54) is 9.69 Å². The lowest BCUT2D eigenvalue weighted by molar-refractivity contribution is -0.120. The van der Waals surface area contributed by atoms with Crippen molar-refractivity contribution in [3.63, 3.8) is 0 Å². The lowest BCUT2D eigenvalue weighted by Crippen LogP contribution is -2.41. The van der Waals surface area contributed by atoms with Gasteiger partial charge in [0.1, 0.15) is 0 Å². The molecule has 2 heterocycles. The summed E-state index contributed by atoms with van der Waals surface area (Å²) in [7, 11) is -3.58. The van der Waals surface area contributed by atoms with Crippen LogP contribution in [0.3, 0.4) is 0 Å². The molecule has 8 nitrogen and oxygen atoms in total. The second kappa shape index (κ2) is 9.90. The van der Waals surface area contributed by atoms with Crippen LogP contribution in [0.1, 0.15) is 30.3 Å². The average Bonchev–Trinajstić information content (AvgIpc) is 3.22. The Kier molecular flexibility index (Phi) is 7.50. The number of sulfonamides is 1. The number of anilines is 1. The van der Waals surface area contributed by atoms with Crippen LogP contribution in [0.25, 0.3) is 0 Å². The number of aromatic nitrogens is 1. The minimum atomic E-state index is -3.58. The van der Waals surface area contributed by atoms with Crippen LogP contribution in [-0.4, -0.2) is 55.5 Å². The molecular weight excluding hydrogens is 446 g/mol. The maximum atomic E-state index is 12.8. The van der Waals surface area contributed by atoms with Gasteiger partial charge in [-0.3, -0.25) is 4.79 Å². The van der Waals surface area contributed by atoms with Gasteiger partial charge < -0.3 is 10.1 Å². The van der Waals surface area contributed by atoms with E-state index < -0.39 is 16.0 Å². The first-order valence-corrected chi connectivity index (χ1v) is 13.0. The predicted octanol–water partition coefficient (Wildman–Crippen LogP) is 3.08. The van der Waals surface area contributed by atoms with Crippen LogP contribution in [0.5, 0.6) is 0 Å². The average molecular weight is 470 g/mol. The number of ether oxygens (including phenoxy) is 1. The van der Waals surface area contributed by atoms with Crippen molar-refractivity contribution in [3.8, 4) is 0 Å². The molecule has 1 N–H and O–H groups in total. The number of thioether (sulfide) groups is 1. The number of nitrogens with one attached hydrogen (secondary N) is 1. The standard InChI is InChI=1S/C19H23N3O5S3/c1-3-27-18(24)16-12-29-19(20-16)21-17(23)13-8-10-22(11-9-13)30(25,26)15-6-4-14(28-2)5-7-15/h4-7,12-13H,3,8-11H2,1-2H3,(H,20,21,23). The van der Waals surface area contributed by atoms with Crippen LogP contribution >= 0.6 is 23.1 Å². The van der Waals surface area contributed by atoms with Gasteiger partial charge in [-0.25, -0.2) is 18.2 Å². The minimum Gasteiger partial charge on any atom is -0.461 e. The van der Waals surface area contributed by atoms with E-state index in [1.807, 2.05) is 6.26 Å². The largest absolute Gasteiger partial charge is 0.461 e. The van der Waals surface area contributed by atoms with E-state index in [0.29, 0.717) is 18.0 Å². The molecule has 0 radical (unpaired) electrons. The van der Waals surface area contributed by atoms with E-state index in [4.69, 9.17) is 4.74 Å². The van der Waals surface area contributed by atoms with Gasteiger partial charge in [-0.2, -0.15) is 4.31 Å². The lowest BCUT2D eigenvalue weighted by Gasteiger charge is -2.30. The van der Waals surface area contributed by atoms with Gasteiger partial charge in [-0.05, 0) is 50.3 Å². The molecule has 1 aromatic heterocycles. The molecule has 0 atom stereocenters. The van der Waals surface area contributed by atoms with Gasteiger partial charge in [-0.1, -0.05) is 0 Å². The summed E-state index contributed by atoms with van der Waals surface area (Å²) in [4.78, 5) is 29.5. The van der Waals surface area contributed by atoms with Gasteiger partial charge in [0.15, 0.2) is 10.8 Å². The topological polar surface area (TPSA) is 106 Å². The smallest absolute Gasteiger partial charge is 0.357 e. The van der Waals surface area contributed by atoms with Gasteiger partial charge in [-0.15, -0.1) is 23.1 Å². The van der Waals surface area contributed by atoms with E-state index in [-0.39, 0.29) is 42.1 Å². The quantitative estimate of drug-likeness (QED) is 0.491. The van der Waals surface area contributed by atoms with Gasteiger partial charge in [0, 0.05) is 29.3 Å². The molecule has 1 fully saturated rings. The summed E-state index contributed by atoms with van der Waals surface area (Å²) in [5.41, 5.74) is 0.158. The molecule has 0 unspecified atom stereocenters. The zero-order chi connectivity index (χ0) is 21.7. The molecule has 3 rings (SSSR count). The summed E-state index contributed by atoms with van der Waals surface area (Å²) in [6.45, 7) is 2.51. The number of benzene rings is 1. The third-order valence-corrected chi connectivity index (χ3v) is 8.15. The highest BCUT2D eigenvalue weighted by atomic mass is 32.2. The van der Waals surface area contributed by atoms with Crippen LogP contribution in [0.15, 0.2) is 39.4 Å². The molecule has 1 aliphatic heterocycles. The number of thiazole rings is 1. The zero-order valence-corrected chi connectivity index (χ0v) is 19.1. The first-order valence-electron chi connectivity index (χ1n) is 9.43. The molecule has 0 aliphatic carbocycles. The van der Waals surface area contributed by atoms with E-state index >= 15 is 0 Å². The molecule has 1 saturated heterocycles. The molecule has 11 heteroatoms. The number of piperidine rings is 1. The number of nitrogens with zero attached hydrogens (tertiary/aromatic N) is 2. The van der Waals surface area contributed by atoms with Gasteiger partial charge >= 0.3 is 5.97 Å². The van der Waals surface area contributed by atoms with Crippen molar-refractivity contribution in [3.05, 3.63) is 35.3 Å². The molecule has 1 aliphatic rings. The number of esters is 1. The van der Waals surface area contributed by atoms with Crippen LogP contribution in [-0.2, 0) is 19.6 Å². The number of hydrogen-bond donors (Lipinski definition) is 1. The highest BCUT2D eigenvalue weighted by Crippen LogP contribution is 2.26. The van der Waals surface area contributed by atoms with Gasteiger partial charge in [0.25, 0.3) is 0 Å². The molecule has 1 aromatic carbocycles. The van der Waals surface area contributed by atoms with Crippen molar-refractivity contribution in [2.75, 3.05) is 31.3 Å². The van der Waals surface area contributed by atoms with Crippen molar-refractivity contribution < 1.29 is 22.7 Å². The Balaban J connectivity index is 1.57. The molecule has 0 saturated carbocycles. The van der Waals surface area contributed by atoms with Gasteiger partial charge in [0.2, 0.25) is 15.9 Å². The summed E-state index contributed by atoms with van der Waals surface area (Å²) >= 11 is 2.70. The van der Waals surface area contributed by atoms with Crippen molar-refractivity contribution in [1.29, 1.82) is 0 Å². The van der Waals surface area contributed by atoms with E-state index in [1.54, 1.807) is 43.0 Å². The number of rotatable bonds is 7. The highest BCUT2D eigenvalue weighted by molar-refractivity contribution is 7.98. The Labute approximate surface area is 184 Å². The molecule has 0 spiro atoms. The molecule has 2 aromatic rings. The number of carbonyl (C=O) groups is 2. The van der Waals surface area contributed by atoms with Crippen LogP contribution in [0.2, 0.25) is 0 Å². The Hall–Kier alpha value is -1.95. The van der Waals surface area contributed by atoms with Crippen molar-refractivity contribution in [1.82, 2.24) is 9.29 Å². The summed E-state index contributed by atoms with van der Waals surface area (Å²) in [6, 6.07) is 6.81. The number of amides is 1. The molecule has 1 amide bonds. The summed E-state index contributed by atoms with van der Waals surface area (Å²) in [6.07, 6.45) is 2.77. The van der Waals surface area contributed by atoms with E-state index in [0.717, 1.165) is 16.2 Å². The van der Waals surface area contributed by atoms with Gasteiger partial charge in [0.05, 0.1) is 11.5 Å². The first-order chi connectivity index (χ1) is 14.3. The van der Waals surface area contributed by atoms with E-state index in [2.05, 4.69) is 10.3 Å². The van der Waals surface area contributed by atoms with Crippen LogP contribution in [0, 0.1) is 5.92 Å². The Bertz CT molecular complexity index is 997. The summed E-state index contributed by atoms with van der Waals surface area (Å²) in [5.74, 6) is -1.07. The Morgan fingerprint density at radius 3 is 2.53 bits per heavy atom. The monoisotopic (exact) mass is 469 g/mol. The highest BCUT2D eigenvalue weighted by Gasteiger charge is 2.32. The normalized spacial score (nSPS) is 15.7. The fourth-order valence-corrected chi connectivity index (χ4v) is 5.65. The maximum absolute atomic E-state index is 12.8. The van der Waals surface area contributed by atoms with Crippen molar-refractivity contribution >= 4 is 50.1 Å². The number of carbonyl (C=O) groups excluding carboxylic acids is 2. The molecule has 0 bridgehead atoms.